The maximum Gasteiger partial charge on any atom is 0.225 e. The maximum absolute atomic E-state index is 12.1. The summed E-state index contributed by atoms with van der Waals surface area (Å²) in [4.78, 5) is 14.0. The van der Waals surface area contributed by atoms with Crippen molar-refractivity contribution in [1.29, 1.82) is 0 Å². The molecule has 92 valence electrons. The molecule has 2 N–H and O–H groups in total. The van der Waals surface area contributed by atoms with Gasteiger partial charge in [-0.15, -0.1) is 0 Å². The molecule has 0 atom stereocenters. The Kier molecular flexibility index (Phi) is 3.67. The molecule has 1 fully saturated rings. The molecule has 0 heterocycles. The second-order valence-electron chi connectivity index (χ2n) is 4.92. The van der Waals surface area contributed by atoms with Gasteiger partial charge in [-0.2, -0.15) is 0 Å². The number of hydrogen-bond acceptors (Lipinski definition) is 2. The van der Waals surface area contributed by atoms with E-state index in [0.717, 1.165) is 24.1 Å². The van der Waals surface area contributed by atoms with Gasteiger partial charge in [-0.05, 0) is 30.5 Å². The number of hydrogen-bond donors (Lipinski definition) is 1. The van der Waals surface area contributed by atoms with E-state index in [2.05, 4.69) is 0 Å². The van der Waals surface area contributed by atoms with Crippen LogP contribution in [0.5, 0.6) is 0 Å². The number of nitrogen functional groups attached to an aromatic ring is 1. The summed E-state index contributed by atoms with van der Waals surface area (Å²) < 4.78 is 0. The number of benzene rings is 1. The molecule has 1 aromatic rings. The minimum atomic E-state index is 0.251. The average molecular weight is 232 g/mol. The molecule has 0 saturated heterocycles. The molecule has 2 rings (SSSR count). The normalized spacial score (nSPS) is 16.1. The third kappa shape index (κ3) is 2.99. The number of amides is 1. The van der Waals surface area contributed by atoms with Gasteiger partial charge in [0.2, 0.25) is 5.91 Å². The van der Waals surface area contributed by atoms with Crippen molar-refractivity contribution in [2.75, 3.05) is 12.8 Å². The highest BCUT2D eigenvalue weighted by molar-refractivity contribution is 5.78. The minimum Gasteiger partial charge on any atom is -0.399 e. The van der Waals surface area contributed by atoms with Crippen molar-refractivity contribution < 1.29 is 4.79 Å². The number of nitrogens with zero attached hydrogens (tertiary/aromatic N) is 1. The molecular formula is C14H20N2O. The Bertz CT molecular complexity index is 397. The molecular weight excluding hydrogens is 212 g/mol. The summed E-state index contributed by atoms with van der Waals surface area (Å²) >= 11 is 0. The lowest BCUT2D eigenvalue weighted by Gasteiger charge is -2.21. The highest BCUT2D eigenvalue weighted by atomic mass is 16.2. The Morgan fingerprint density at radius 1 is 1.41 bits per heavy atom. The summed E-state index contributed by atoms with van der Waals surface area (Å²) in [5.74, 6) is 0.533. The smallest absolute Gasteiger partial charge is 0.225 e. The number of carbonyl (C=O) groups is 1. The van der Waals surface area contributed by atoms with E-state index in [4.69, 9.17) is 5.73 Å². The Morgan fingerprint density at radius 2 is 2.12 bits per heavy atom. The van der Waals surface area contributed by atoms with Gasteiger partial charge in [0.1, 0.15) is 0 Å². The van der Waals surface area contributed by atoms with Crippen LogP contribution in [-0.4, -0.2) is 17.9 Å². The number of rotatable bonds is 3. The van der Waals surface area contributed by atoms with Crippen LogP contribution in [0.4, 0.5) is 5.69 Å². The molecule has 0 unspecified atom stereocenters. The third-order valence-electron chi connectivity index (χ3n) is 3.45. The summed E-state index contributed by atoms with van der Waals surface area (Å²) in [5.41, 5.74) is 7.58. The molecule has 1 aliphatic rings. The number of nitrogens with two attached hydrogens (primary N) is 1. The molecule has 0 spiro atoms. The van der Waals surface area contributed by atoms with Crippen LogP contribution in [0, 0.1) is 5.92 Å². The van der Waals surface area contributed by atoms with E-state index in [0.29, 0.717) is 6.54 Å². The van der Waals surface area contributed by atoms with Crippen molar-refractivity contribution in [3.05, 3.63) is 29.8 Å². The first kappa shape index (κ1) is 12.0. The molecule has 0 aromatic heterocycles. The lowest BCUT2D eigenvalue weighted by Crippen LogP contribution is -2.31. The molecule has 0 aliphatic heterocycles. The van der Waals surface area contributed by atoms with Crippen LogP contribution < -0.4 is 5.73 Å². The van der Waals surface area contributed by atoms with Gasteiger partial charge in [-0.1, -0.05) is 25.0 Å². The highest BCUT2D eigenvalue weighted by Gasteiger charge is 2.25. The Morgan fingerprint density at radius 3 is 2.76 bits per heavy atom. The second kappa shape index (κ2) is 5.21. The third-order valence-corrected chi connectivity index (χ3v) is 3.45. The lowest BCUT2D eigenvalue weighted by atomic mass is 10.1. The fraction of sp³-hybridized carbons (Fsp3) is 0.500. The summed E-state index contributed by atoms with van der Waals surface area (Å²) in [6, 6.07) is 7.73. The monoisotopic (exact) mass is 232 g/mol. The predicted molar refractivity (Wildman–Crippen MR) is 69.3 cm³/mol. The van der Waals surface area contributed by atoms with Gasteiger partial charge in [-0.3, -0.25) is 4.79 Å². The Labute approximate surface area is 103 Å². The standard InChI is InChI=1S/C14H20N2O/c1-16(14(17)12-6-2-3-7-12)10-11-5-4-8-13(15)9-11/h4-5,8-9,12H,2-3,6-7,10,15H2,1H3. The van der Waals surface area contributed by atoms with E-state index in [1.807, 2.05) is 36.2 Å². The molecule has 1 saturated carbocycles. The largest absolute Gasteiger partial charge is 0.399 e. The van der Waals surface area contributed by atoms with Crippen molar-refractivity contribution in [1.82, 2.24) is 4.90 Å². The molecule has 0 radical (unpaired) electrons. The van der Waals surface area contributed by atoms with Gasteiger partial charge in [0.15, 0.2) is 0 Å². The summed E-state index contributed by atoms with van der Waals surface area (Å²) in [5, 5.41) is 0. The molecule has 17 heavy (non-hydrogen) atoms. The van der Waals surface area contributed by atoms with Crippen LogP contribution in [0.25, 0.3) is 0 Å². The van der Waals surface area contributed by atoms with Crippen molar-refractivity contribution in [2.45, 2.75) is 32.2 Å². The van der Waals surface area contributed by atoms with Crippen LogP contribution >= 0.6 is 0 Å². The van der Waals surface area contributed by atoms with Crippen molar-refractivity contribution >= 4 is 11.6 Å². The van der Waals surface area contributed by atoms with Crippen molar-refractivity contribution in [3.8, 4) is 0 Å². The molecule has 3 heteroatoms. The van der Waals surface area contributed by atoms with Crippen LogP contribution in [-0.2, 0) is 11.3 Å². The van der Waals surface area contributed by atoms with E-state index >= 15 is 0 Å². The van der Waals surface area contributed by atoms with Gasteiger partial charge in [0.05, 0.1) is 0 Å². The van der Waals surface area contributed by atoms with Crippen molar-refractivity contribution in [3.63, 3.8) is 0 Å². The van der Waals surface area contributed by atoms with E-state index in [9.17, 15) is 4.79 Å². The topological polar surface area (TPSA) is 46.3 Å². The predicted octanol–water partition coefficient (Wildman–Crippen LogP) is 2.42. The van der Waals surface area contributed by atoms with E-state index in [1.54, 1.807) is 0 Å². The SMILES string of the molecule is CN(Cc1cccc(N)c1)C(=O)C1CCCC1. The van der Waals surface area contributed by atoms with Crippen molar-refractivity contribution in [2.24, 2.45) is 5.92 Å². The number of anilines is 1. The molecule has 0 bridgehead atoms. The fourth-order valence-corrected chi connectivity index (χ4v) is 2.53. The van der Waals surface area contributed by atoms with Gasteiger partial charge >= 0.3 is 0 Å². The van der Waals surface area contributed by atoms with E-state index in [1.165, 1.54) is 12.8 Å². The van der Waals surface area contributed by atoms with Gasteiger partial charge in [0, 0.05) is 25.2 Å². The van der Waals surface area contributed by atoms with Crippen LogP contribution in [0.2, 0.25) is 0 Å². The first-order valence-corrected chi connectivity index (χ1v) is 6.26. The Balaban J connectivity index is 1.96. The summed E-state index contributed by atoms with van der Waals surface area (Å²) in [7, 11) is 1.88. The van der Waals surface area contributed by atoms with Crippen LogP contribution in [0.1, 0.15) is 31.2 Å². The molecule has 1 aromatic carbocycles. The summed E-state index contributed by atoms with van der Waals surface area (Å²) in [6.07, 6.45) is 4.51. The van der Waals surface area contributed by atoms with Gasteiger partial charge in [-0.25, -0.2) is 0 Å². The number of carbonyl (C=O) groups excluding carboxylic acids is 1. The second-order valence-corrected chi connectivity index (χ2v) is 4.92. The minimum absolute atomic E-state index is 0.251. The van der Waals surface area contributed by atoms with E-state index < -0.39 is 0 Å². The lowest BCUT2D eigenvalue weighted by molar-refractivity contribution is -0.134. The molecule has 1 amide bonds. The summed E-state index contributed by atoms with van der Waals surface area (Å²) in [6.45, 7) is 0.653. The fourth-order valence-electron chi connectivity index (χ4n) is 2.53. The zero-order valence-corrected chi connectivity index (χ0v) is 10.4. The molecule has 3 nitrogen and oxygen atoms in total. The Hall–Kier alpha value is -1.51. The van der Waals surface area contributed by atoms with Gasteiger partial charge in [0.25, 0.3) is 0 Å². The zero-order valence-electron chi connectivity index (χ0n) is 10.4. The van der Waals surface area contributed by atoms with Crippen LogP contribution in [0.3, 0.4) is 0 Å². The highest BCUT2D eigenvalue weighted by Crippen LogP contribution is 2.26. The average Bonchev–Trinajstić information content (AvgIpc) is 2.81. The first-order chi connectivity index (χ1) is 8.16. The van der Waals surface area contributed by atoms with E-state index in [-0.39, 0.29) is 11.8 Å². The first-order valence-electron chi connectivity index (χ1n) is 6.26. The maximum atomic E-state index is 12.1. The van der Waals surface area contributed by atoms with Gasteiger partial charge < -0.3 is 10.6 Å². The zero-order chi connectivity index (χ0) is 12.3. The molecule has 1 aliphatic carbocycles. The van der Waals surface area contributed by atoms with Crippen LogP contribution in [0.15, 0.2) is 24.3 Å². The quantitative estimate of drug-likeness (QED) is 0.813.